The maximum Gasteiger partial charge on any atom is 0.275 e. The average molecular weight is 352 g/mol. The van der Waals surface area contributed by atoms with Gasteiger partial charge in [0.15, 0.2) is 0 Å². The molecule has 25 heavy (non-hydrogen) atoms. The van der Waals surface area contributed by atoms with Crippen molar-refractivity contribution in [2.75, 3.05) is 5.32 Å². The Balaban J connectivity index is 1.69. The van der Waals surface area contributed by atoms with Crippen molar-refractivity contribution in [1.82, 2.24) is 19.2 Å². The molecule has 0 atom stereocenters. The lowest BCUT2D eigenvalue weighted by Crippen LogP contribution is -2.14. The zero-order valence-electron chi connectivity index (χ0n) is 13.3. The van der Waals surface area contributed by atoms with Gasteiger partial charge in [0, 0.05) is 29.8 Å². The van der Waals surface area contributed by atoms with Crippen molar-refractivity contribution in [3.63, 3.8) is 0 Å². The first-order valence-electron chi connectivity index (χ1n) is 7.66. The molecular weight excluding hydrogens is 338 g/mol. The summed E-state index contributed by atoms with van der Waals surface area (Å²) in [4.78, 5) is 17.0. The van der Waals surface area contributed by atoms with Gasteiger partial charge in [-0.15, -0.1) is 0 Å². The fraction of sp³-hybridized carbons (Fsp3) is 0.0556. The maximum absolute atomic E-state index is 12.6. The van der Waals surface area contributed by atoms with Crippen molar-refractivity contribution in [1.29, 1.82) is 0 Å². The number of carbonyl (C=O) groups excluding carboxylic acids is 1. The lowest BCUT2D eigenvalue weighted by molar-refractivity contribution is 0.102. The molecule has 124 valence electrons. The SMILES string of the molecule is Cc1ccn2cc(C(=O)Nc3cc(Cl)ccc3-n3cccn3)nc2c1. The van der Waals surface area contributed by atoms with Crippen LogP contribution >= 0.6 is 11.6 Å². The molecule has 1 N–H and O–H groups in total. The highest BCUT2D eigenvalue weighted by atomic mass is 35.5. The van der Waals surface area contributed by atoms with Crippen LogP contribution in [-0.2, 0) is 0 Å². The van der Waals surface area contributed by atoms with Crippen LogP contribution in [-0.4, -0.2) is 25.1 Å². The number of aromatic nitrogens is 4. The van der Waals surface area contributed by atoms with Gasteiger partial charge in [-0.05, 0) is 48.9 Å². The number of aryl methyl sites for hydroxylation is 1. The van der Waals surface area contributed by atoms with Crippen LogP contribution in [0.1, 0.15) is 16.1 Å². The Morgan fingerprint density at radius 3 is 2.88 bits per heavy atom. The Kier molecular flexibility index (Phi) is 3.74. The zero-order valence-corrected chi connectivity index (χ0v) is 14.1. The Morgan fingerprint density at radius 1 is 1.20 bits per heavy atom. The summed E-state index contributed by atoms with van der Waals surface area (Å²) < 4.78 is 3.48. The van der Waals surface area contributed by atoms with Crippen molar-refractivity contribution in [2.45, 2.75) is 6.92 Å². The van der Waals surface area contributed by atoms with Crippen LogP contribution in [0.2, 0.25) is 5.02 Å². The number of halogens is 1. The summed E-state index contributed by atoms with van der Waals surface area (Å²) in [7, 11) is 0. The summed E-state index contributed by atoms with van der Waals surface area (Å²) in [6.07, 6.45) is 7.04. The molecular formula is C18H14ClN5O. The standard InChI is InChI=1S/C18H14ClN5O/c1-12-5-8-23-11-15(21-17(23)9-12)18(25)22-14-10-13(19)3-4-16(14)24-7-2-6-20-24/h2-11H,1H3,(H,22,25). The van der Waals surface area contributed by atoms with Crippen LogP contribution in [0.25, 0.3) is 11.3 Å². The Labute approximate surface area is 148 Å². The van der Waals surface area contributed by atoms with Crippen LogP contribution in [0.4, 0.5) is 5.69 Å². The van der Waals surface area contributed by atoms with Crippen molar-refractivity contribution in [2.24, 2.45) is 0 Å². The number of rotatable bonds is 3. The number of hydrogen-bond donors (Lipinski definition) is 1. The number of nitrogens with one attached hydrogen (secondary N) is 1. The van der Waals surface area contributed by atoms with Gasteiger partial charge in [-0.2, -0.15) is 5.10 Å². The van der Waals surface area contributed by atoms with Gasteiger partial charge in [0.05, 0.1) is 11.4 Å². The number of amides is 1. The molecule has 0 saturated heterocycles. The van der Waals surface area contributed by atoms with E-state index in [4.69, 9.17) is 11.6 Å². The number of nitrogens with zero attached hydrogens (tertiary/aromatic N) is 4. The van der Waals surface area contributed by atoms with E-state index in [0.717, 1.165) is 16.9 Å². The molecule has 0 fully saturated rings. The molecule has 3 heterocycles. The molecule has 0 spiro atoms. The molecule has 0 saturated carbocycles. The van der Waals surface area contributed by atoms with Crippen LogP contribution < -0.4 is 5.32 Å². The van der Waals surface area contributed by atoms with E-state index in [1.54, 1.807) is 41.5 Å². The summed E-state index contributed by atoms with van der Waals surface area (Å²) >= 11 is 6.09. The van der Waals surface area contributed by atoms with E-state index in [-0.39, 0.29) is 5.91 Å². The van der Waals surface area contributed by atoms with E-state index < -0.39 is 0 Å². The van der Waals surface area contributed by atoms with E-state index in [2.05, 4.69) is 15.4 Å². The number of imidazole rings is 1. The number of anilines is 1. The summed E-state index contributed by atoms with van der Waals surface area (Å²) in [5.41, 5.74) is 3.43. The Morgan fingerprint density at radius 2 is 2.08 bits per heavy atom. The molecule has 7 heteroatoms. The molecule has 0 aliphatic carbocycles. The minimum Gasteiger partial charge on any atom is -0.319 e. The molecule has 0 radical (unpaired) electrons. The van der Waals surface area contributed by atoms with Gasteiger partial charge in [0.1, 0.15) is 11.3 Å². The van der Waals surface area contributed by atoms with E-state index in [9.17, 15) is 4.79 Å². The maximum atomic E-state index is 12.6. The number of benzene rings is 1. The molecule has 1 aromatic carbocycles. The van der Waals surface area contributed by atoms with E-state index >= 15 is 0 Å². The van der Waals surface area contributed by atoms with Crippen LogP contribution in [0.5, 0.6) is 0 Å². The number of pyridine rings is 1. The van der Waals surface area contributed by atoms with Crippen LogP contribution in [0.3, 0.4) is 0 Å². The van der Waals surface area contributed by atoms with Gasteiger partial charge in [-0.25, -0.2) is 9.67 Å². The van der Waals surface area contributed by atoms with Crippen LogP contribution in [0.15, 0.2) is 61.2 Å². The van der Waals surface area contributed by atoms with Gasteiger partial charge >= 0.3 is 0 Å². The Hall–Kier alpha value is -3.12. The third-order valence-corrected chi connectivity index (χ3v) is 4.04. The zero-order chi connectivity index (χ0) is 17.4. The van der Waals surface area contributed by atoms with E-state index in [0.29, 0.717) is 16.4 Å². The molecule has 0 aliphatic heterocycles. The largest absolute Gasteiger partial charge is 0.319 e. The smallest absolute Gasteiger partial charge is 0.275 e. The monoisotopic (exact) mass is 351 g/mol. The highest BCUT2D eigenvalue weighted by molar-refractivity contribution is 6.31. The van der Waals surface area contributed by atoms with Crippen molar-refractivity contribution in [3.8, 4) is 5.69 Å². The minimum absolute atomic E-state index is 0.308. The molecule has 0 unspecified atom stereocenters. The molecule has 4 aromatic rings. The van der Waals surface area contributed by atoms with Gasteiger partial charge in [0.2, 0.25) is 0 Å². The van der Waals surface area contributed by atoms with Crippen molar-refractivity contribution in [3.05, 3.63) is 77.5 Å². The first kappa shape index (κ1) is 15.4. The highest BCUT2D eigenvalue weighted by Gasteiger charge is 2.14. The fourth-order valence-electron chi connectivity index (χ4n) is 2.60. The fourth-order valence-corrected chi connectivity index (χ4v) is 2.77. The van der Waals surface area contributed by atoms with E-state index in [1.807, 2.05) is 35.7 Å². The average Bonchev–Trinajstić information content (AvgIpc) is 3.23. The van der Waals surface area contributed by atoms with E-state index in [1.165, 1.54) is 0 Å². The molecule has 1 amide bonds. The van der Waals surface area contributed by atoms with Crippen LogP contribution in [0, 0.1) is 6.92 Å². The number of hydrogen-bond acceptors (Lipinski definition) is 3. The third-order valence-electron chi connectivity index (χ3n) is 3.81. The van der Waals surface area contributed by atoms with Gasteiger partial charge in [0.25, 0.3) is 5.91 Å². The molecule has 0 bridgehead atoms. The number of carbonyl (C=O) groups is 1. The second kappa shape index (κ2) is 6.07. The predicted octanol–water partition coefficient (Wildman–Crippen LogP) is 3.73. The normalized spacial score (nSPS) is 11.0. The molecule has 3 aromatic heterocycles. The summed E-state index contributed by atoms with van der Waals surface area (Å²) in [6.45, 7) is 1.98. The van der Waals surface area contributed by atoms with Gasteiger partial charge in [-0.1, -0.05) is 11.6 Å². The second-order valence-electron chi connectivity index (χ2n) is 5.66. The first-order valence-corrected chi connectivity index (χ1v) is 8.04. The highest BCUT2D eigenvalue weighted by Crippen LogP contribution is 2.24. The lowest BCUT2D eigenvalue weighted by Gasteiger charge is -2.10. The summed E-state index contributed by atoms with van der Waals surface area (Å²) in [5.74, 6) is -0.308. The molecule has 4 rings (SSSR count). The summed E-state index contributed by atoms with van der Waals surface area (Å²) in [5, 5.41) is 7.60. The topological polar surface area (TPSA) is 64.2 Å². The predicted molar refractivity (Wildman–Crippen MR) is 96.5 cm³/mol. The lowest BCUT2D eigenvalue weighted by atomic mass is 10.2. The Bertz CT molecular complexity index is 1070. The molecule has 0 aliphatic rings. The van der Waals surface area contributed by atoms with Crippen molar-refractivity contribution >= 4 is 28.8 Å². The quantitative estimate of drug-likeness (QED) is 0.611. The third kappa shape index (κ3) is 2.99. The molecule has 6 nitrogen and oxygen atoms in total. The number of fused-ring (bicyclic) bond motifs is 1. The van der Waals surface area contributed by atoms with Gasteiger partial charge < -0.3 is 9.72 Å². The summed E-state index contributed by atoms with van der Waals surface area (Å²) in [6, 6.07) is 10.9. The van der Waals surface area contributed by atoms with Gasteiger partial charge in [-0.3, -0.25) is 4.79 Å². The minimum atomic E-state index is -0.308. The second-order valence-corrected chi connectivity index (χ2v) is 6.10. The van der Waals surface area contributed by atoms with Crippen molar-refractivity contribution < 1.29 is 4.79 Å². The first-order chi connectivity index (χ1) is 12.1.